The van der Waals surface area contributed by atoms with Crippen molar-refractivity contribution < 1.29 is 9.53 Å². The fourth-order valence-electron chi connectivity index (χ4n) is 3.23. The third-order valence-corrected chi connectivity index (χ3v) is 6.59. The quantitative estimate of drug-likeness (QED) is 0.440. The van der Waals surface area contributed by atoms with Gasteiger partial charge >= 0.3 is 0 Å². The zero-order valence-electron chi connectivity index (χ0n) is 14.1. The van der Waals surface area contributed by atoms with Crippen molar-refractivity contribution in [1.29, 1.82) is 0 Å². The Hall–Kier alpha value is -1.74. The second kappa shape index (κ2) is 7.87. The number of amides is 1. The van der Waals surface area contributed by atoms with Crippen molar-refractivity contribution >= 4 is 55.7 Å². The molecule has 3 aromatic rings. The van der Waals surface area contributed by atoms with Crippen LogP contribution in [0.3, 0.4) is 0 Å². The summed E-state index contributed by atoms with van der Waals surface area (Å²) in [5, 5.41) is 3.88. The van der Waals surface area contributed by atoms with Crippen molar-refractivity contribution in [3.63, 3.8) is 0 Å². The number of hydrogen-bond acceptors (Lipinski definition) is 5. The van der Waals surface area contributed by atoms with Crippen molar-refractivity contribution in [3.05, 3.63) is 44.6 Å². The van der Waals surface area contributed by atoms with E-state index in [0.29, 0.717) is 5.88 Å². The average Bonchev–Trinajstić information content (AvgIpc) is 2.84. The van der Waals surface area contributed by atoms with E-state index in [1.54, 1.807) is 11.3 Å². The van der Waals surface area contributed by atoms with Crippen LogP contribution in [0.5, 0.6) is 5.88 Å². The number of anilines is 1. The van der Waals surface area contributed by atoms with Crippen LogP contribution in [0.4, 0.5) is 5.69 Å². The summed E-state index contributed by atoms with van der Waals surface area (Å²) in [6, 6.07) is 7.66. The van der Waals surface area contributed by atoms with E-state index >= 15 is 0 Å². The van der Waals surface area contributed by atoms with Gasteiger partial charge in [0, 0.05) is 8.45 Å². The molecule has 2 aromatic heterocycles. The fourth-order valence-corrected chi connectivity index (χ4v) is 4.97. The molecule has 0 aliphatic heterocycles. The first kappa shape index (κ1) is 17.7. The van der Waals surface area contributed by atoms with Crippen LogP contribution in [0.2, 0.25) is 0 Å². The summed E-state index contributed by atoms with van der Waals surface area (Å²) >= 11 is 3.93. The minimum absolute atomic E-state index is 0.0678. The lowest BCUT2D eigenvalue weighted by atomic mass is 10.1. The van der Waals surface area contributed by atoms with Crippen LogP contribution in [-0.2, 0) is 17.6 Å². The molecule has 0 atom stereocenters. The molecule has 0 spiro atoms. The minimum Gasteiger partial charge on any atom is -0.467 e. The number of carbonyl (C=O) groups excluding carboxylic acids is 1. The summed E-state index contributed by atoms with van der Waals surface area (Å²) in [4.78, 5) is 23.3. The molecule has 7 heteroatoms. The summed E-state index contributed by atoms with van der Waals surface area (Å²) < 4.78 is 6.79. The third kappa shape index (κ3) is 3.68. The van der Waals surface area contributed by atoms with Gasteiger partial charge in [-0.15, -0.1) is 11.3 Å². The number of fused-ring (bicyclic) bond motifs is 3. The van der Waals surface area contributed by atoms with Crippen molar-refractivity contribution in [3.8, 4) is 5.88 Å². The summed E-state index contributed by atoms with van der Waals surface area (Å²) in [7, 11) is 0. The molecule has 0 bridgehead atoms. The van der Waals surface area contributed by atoms with Crippen LogP contribution >= 0.6 is 33.9 Å². The molecule has 5 nitrogen and oxygen atoms in total. The van der Waals surface area contributed by atoms with Gasteiger partial charge in [-0.3, -0.25) is 4.79 Å². The maximum atomic E-state index is 12.3. The Labute approximate surface area is 169 Å². The van der Waals surface area contributed by atoms with Crippen LogP contribution in [0, 0.1) is 3.57 Å². The average molecular weight is 479 g/mol. The van der Waals surface area contributed by atoms with E-state index in [1.165, 1.54) is 36.0 Å². The molecule has 0 saturated heterocycles. The summed E-state index contributed by atoms with van der Waals surface area (Å²) in [6.07, 6.45) is 7.31. The van der Waals surface area contributed by atoms with Gasteiger partial charge in [-0.05, 0) is 66.0 Å². The lowest BCUT2D eigenvalue weighted by Gasteiger charge is -2.09. The van der Waals surface area contributed by atoms with Crippen LogP contribution < -0.4 is 10.1 Å². The predicted octanol–water partition coefficient (Wildman–Crippen LogP) is 4.58. The van der Waals surface area contributed by atoms with Gasteiger partial charge in [-0.1, -0.05) is 18.6 Å². The van der Waals surface area contributed by atoms with Gasteiger partial charge in [0.05, 0.1) is 11.1 Å². The van der Waals surface area contributed by atoms with Gasteiger partial charge in [-0.25, -0.2) is 9.97 Å². The molecule has 0 saturated carbocycles. The number of carbonyl (C=O) groups is 1. The van der Waals surface area contributed by atoms with E-state index in [2.05, 4.69) is 37.9 Å². The number of rotatable bonds is 4. The normalized spacial score (nSPS) is 13.9. The zero-order valence-corrected chi connectivity index (χ0v) is 17.1. The Morgan fingerprint density at radius 2 is 2.04 bits per heavy atom. The van der Waals surface area contributed by atoms with Crippen LogP contribution in [0.15, 0.2) is 30.6 Å². The van der Waals surface area contributed by atoms with Gasteiger partial charge < -0.3 is 10.1 Å². The van der Waals surface area contributed by atoms with Gasteiger partial charge in [0.15, 0.2) is 6.61 Å². The minimum atomic E-state index is -0.192. The summed E-state index contributed by atoms with van der Waals surface area (Å²) in [5.41, 5.74) is 2.11. The first-order valence-corrected chi connectivity index (χ1v) is 10.5. The number of ether oxygens (including phenoxy) is 1. The smallest absolute Gasteiger partial charge is 0.262 e. The first-order valence-electron chi connectivity index (χ1n) is 8.65. The SMILES string of the molecule is O=C(COc1ncnc2sc3c(c12)CCCCC3)Nc1ccccc1I. The largest absolute Gasteiger partial charge is 0.467 e. The van der Waals surface area contributed by atoms with E-state index in [-0.39, 0.29) is 12.5 Å². The molecule has 26 heavy (non-hydrogen) atoms. The number of thiophene rings is 1. The number of hydrogen-bond donors (Lipinski definition) is 1. The molecular formula is C19H18IN3O2S. The lowest BCUT2D eigenvalue weighted by Crippen LogP contribution is -2.21. The van der Waals surface area contributed by atoms with Crippen LogP contribution in [0.25, 0.3) is 10.2 Å². The molecular weight excluding hydrogens is 461 g/mol. The lowest BCUT2D eigenvalue weighted by molar-refractivity contribution is -0.118. The molecule has 0 radical (unpaired) electrons. The molecule has 0 fully saturated rings. The molecule has 0 unspecified atom stereocenters. The maximum absolute atomic E-state index is 12.3. The Kier molecular flexibility index (Phi) is 5.35. The molecule has 2 heterocycles. The Morgan fingerprint density at radius 3 is 2.92 bits per heavy atom. The summed E-state index contributed by atoms with van der Waals surface area (Å²) in [5.74, 6) is 0.328. The van der Waals surface area contributed by atoms with E-state index < -0.39 is 0 Å². The second-order valence-electron chi connectivity index (χ2n) is 6.24. The molecule has 1 N–H and O–H groups in total. The van der Waals surface area contributed by atoms with E-state index in [9.17, 15) is 4.79 Å². The standard InChI is InChI=1S/C19H18IN3O2S/c20-13-7-4-5-8-14(13)23-16(24)10-25-18-17-12-6-2-1-3-9-15(12)26-19(17)22-11-21-18/h4-5,7-8,11H,1-3,6,9-10H2,(H,23,24). The van der Waals surface area contributed by atoms with Gasteiger partial charge in [0.25, 0.3) is 5.91 Å². The Balaban J connectivity index is 1.53. The van der Waals surface area contributed by atoms with Crippen molar-refractivity contribution in [2.45, 2.75) is 32.1 Å². The fraction of sp³-hybridized carbons (Fsp3) is 0.316. The predicted molar refractivity (Wildman–Crippen MR) is 112 cm³/mol. The highest BCUT2D eigenvalue weighted by molar-refractivity contribution is 14.1. The highest BCUT2D eigenvalue weighted by Gasteiger charge is 2.20. The van der Waals surface area contributed by atoms with Crippen molar-refractivity contribution in [1.82, 2.24) is 9.97 Å². The van der Waals surface area contributed by atoms with E-state index in [1.807, 2.05) is 24.3 Å². The topological polar surface area (TPSA) is 64.1 Å². The number of aromatic nitrogens is 2. The first-order chi connectivity index (χ1) is 12.7. The molecule has 1 amide bonds. The molecule has 134 valence electrons. The molecule has 4 rings (SSSR count). The number of benzene rings is 1. The second-order valence-corrected chi connectivity index (χ2v) is 8.49. The van der Waals surface area contributed by atoms with Gasteiger partial charge in [0.2, 0.25) is 5.88 Å². The van der Waals surface area contributed by atoms with Crippen LogP contribution in [-0.4, -0.2) is 22.5 Å². The number of nitrogens with zero attached hydrogens (tertiary/aromatic N) is 2. The maximum Gasteiger partial charge on any atom is 0.262 e. The molecule has 1 aromatic carbocycles. The number of nitrogens with one attached hydrogen (secondary N) is 1. The van der Waals surface area contributed by atoms with Crippen molar-refractivity contribution in [2.24, 2.45) is 0 Å². The molecule has 1 aliphatic carbocycles. The van der Waals surface area contributed by atoms with Gasteiger partial charge in [-0.2, -0.15) is 0 Å². The van der Waals surface area contributed by atoms with Gasteiger partial charge in [0.1, 0.15) is 11.2 Å². The number of halogens is 1. The zero-order chi connectivity index (χ0) is 17.9. The monoisotopic (exact) mass is 479 g/mol. The highest BCUT2D eigenvalue weighted by Crippen LogP contribution is 2.38. The number of para-hydroxylation sites is 1. The van der Waals surface area contributed by atoms with E-state index in [0.717, 1.165) is 32.3 Å². The van der Waals surface area contributed by atoms with E-state index in [4.69, 9.17) is 4.74 Å². The Bertz CT molecular complexity index is 957. The van der Waals surface area contributed by atoms with Crippen molar-refractivity contribution in [2.75, 3.05) is 11.9 Å². The summed E-state index contributed by atoms with van der Waals surface area (Å²) in [6.45, 7) is -0.0678. The Morgan fingerprint density at radius 1 is 1.19 bits per heavy atom. The molecule has 1 aliphatic rings. The van der Waals surface area contributed by atoms with Crippen LogP contribution in [0.1, 0.15) is 29.7 Å². The highest BCUT2D eigenvalue weighted by atomic mass is 127. The third-order valence-electron chi connectivity index (χ3n) is 4.45. The number of aryl methyl sites for hydroxylation is 2.